The van der Waals surface area contributed by atoms with E-state index in [2.05, 4.69) is 29.4 Å². The molecule has 0 unspecified atom stereocenters. The Morgan fingerprint density at radius 1 is 1.35 bits per heavy atom. The Kier molecular flexibility index (Phi) is 5.71. The SMILES string of the molecule is CC(C)N1CCC(NC(=O)N[C@@H](C)CO)CC1. The Labute approximate surface area is 104 Å². The number of carbonyl (C=O) groups is 1. The summed E-state index contributed by atoms with van der Waals surface area (Å²) in [6.07, 6.45) is 2.00. The van der Waals surface area contributed by atoms with Gasteiger partial charge in [-0.25, -0.2) is 4.79 Å². The van der Waals surface area contributed by atoms with E-state index in [1.807, 2.05) is 0 Å². The summed E-state index contributed by atoms with van der Waals surface area (Å²) in [7, 11) is 0. The third kappa shape index (κ3) is 4.91. The molecular weight excluding hydrogens is 218 g/mol. The van der Waals surface area contributed by atoms with Crippen LogP contribution in [0.5, 0.6) is 0 Å². The number of urea groups is 1. The van der Waals surface area contributed by atoms with Crippen LogP contribution in [0.3, 0.4) is 0 Å². The van der Waals surface area contributed by atoms with Gasteiger partial charge in [0.2, 0.25) is 0 Å². The second-order valence-electron chi connectivity index (χ2n) is 5.11. The molecule has 5 nitrogen and oxygen atoms in total. The molecule has 0 aromatic rings. The smallest absolute Gasteiger partial charge is 0.315 e. The number of aliphatic hydroxyl groups excluding tert-OH is 1. The third-order valence-electron chi connectivity index (χ3n) is 3.25. The largest absolute Gasteiger partial charge is 0.394 e. The van der Waals surface area contributed by atoms with Gasteiger partial charge in [0.05, 0.1) is 12.6 Å². The van der Waals surface area contributed by atoms with Crippen LogP contribution in [0.1, 0.15) is 33.6 Å². The molecule has 1 heterocycles. The van der Waals surface area contributed by atoms with E-state index in [-0.39, 0.29) is 24.7 Å². The average molecular weight is 243 g/mol. The Morgan fingerprint density at radius 2 is 1.94 bits per heavy atom. The number of hydrogen-bond acceptors (Lipinski definition) is 3. The van der Waals surface area contributed by atoms with Crippen molar-refractivity contribution in [3.05, 3.63) is 0 Å². The van der Waals surface area contributed by atoms with Crippen molar-refractivity contribution in [3.63, 3.8) is 0 Å². The van der Waals surface area contributed by atoms with Crippen LogP contribution < -0.4 is 10.6 Å². The lowest BCUT2D eigenvalue weighted by Crippen LogP contribution is -2.51. The minimum atomic E-state index is -0.189. The highest BCUT2D eigenvalue weighted by Crippen LogP contribution is 2.12. The number of carbonyl (C=O) groups excluding carboxylic acids is 1. The maximum absolute atomic E-state index is 11.5. The number of nitrogens with zero attached hydrogens (tertiary/aromatic N) is 1. The van der Waals surface area contributed by atoms with Crippen LogP contribution in [0.4, 0.5) is 4.79 Å². The van der Waals surface area contributed by atoms with Gasteiger partial charge in [-0.3, -0.25) is 0 Å². The van der Waals surface area contributed by atoms with Crippen LogP contribution in [-0.4, -0.2) is 53.9 Å². The summed E-state index contributed by atoms with van der Waals surface area (Å²) >= 11 is 0. The minimum Gasteiger partial charge on any atom is -0.394 e. The Balaban J connectivity index is 2.23. The summed E-state index contributed by atoms with van der Waals surface area (Å²) in [5, 5.41) is 14.5. The average Bonchev–Trinajstić information content (AvgIpc) is 2.29. The van der Waals surface area contributed by atoms with Gasteiger partial charge < -0.3 is 20.6 Å². The molecule has 5 heteroatoms. The molecule has 100 valence electrons. The second-order valence-corrected chi connectivity index (χ2v) is 5.11. The molecule has 1 rings (SSSR count). The molecule has 1 fully saturated rings. The number of piperidine rings is 1. The van der Waals surface area contributed by atoms with Gasteiger partial charge in [0.1, 0.15) is 0 Å². The predicted molar refractivity (Wildman–Crippen MR) is 67.9 cm³/mol. The van der Waals surface area contributed by atoms with Crippen molar-refractivity contribution in [1.29, 1.82) is 0 Å². The number of aliphatic hydroxyl groups is 1. The van der Waals surface area contributed by atoms with Crippen LogP contribution in [-0.2, 0) is 0 Å². The number of likely N-dealkylation sites (tertiary alicyclic amines) is 1. The van der Waals surface area contributed by atoms with Gasteiger partial charge >= 0.3 is 6.03 Å². The van der Waals surface area contributed by atoms with Crippen molar-refractivity contribution < 1.29 is 9.90 Å². The lowest BCUT2D eigenvalue weighted by atomic mass is 10.0. The molecular formula is C12H25N3O2. The lowest BCUT2D eigenvalue weighted by molar-refractivity contribution is 0.159. The summed E-state index contributed by atoms with van der Waals surface area (Å²) < 4.78 is 0. The first-order valence-corrected chi connectivity index (χ1v) is 6.45. The van der Waals surface area contributed by atoms with Crippen molar-refractivity contribution in [3.8, 4) is 0 Å². The number of nitrogens with one attached hydrogen (secondary N) is 2. The second kappa shape index (κ2) is 6.81. The fraction of sp³-hybridized carbons (Fsp3) is 0.917. The fourth-order valence-electron chi connectivity index (χ4n) is 2.06. The van der Waals surface area contributed by atoms with Crippen LogP contribution in [0.25, 0.3) is 0 Å². The van der Waals surface area contributed by atoms with E-state index >= 15 is 0 Å². The topological polar surface area (TPSA) is 64.6 Å². The summed E-state index contributed by atoms with van der Waals surface area (Å²) in [4.78, 5) is 14.0. The van der Waals surface area contributed by atoms with Gasteiger partial charge in [0, 0.05) is 25.2 Å². The van der Waals surface area contributed by atoms with Crippen LogP contribution >= 0.6 is 0 Å². The van der Waals surface area contributed by atoms with E-state index in [0.717, 1.165) is 25.9 Å². The Morgan fingerprint density at radius 3 is 2.41 bits per heavy atom. The third-order valence-corrected chi connectivity index (χ3v) is 3.25. The van der Waals surface area contributed by atoms with Gasteiger partial charge in [0.25, 0.3) is 0 Å². The molecule has 0 saturated carbocycles. The highest BCUT2D eigenvalue weighted by Gasteiger charge is 2.22. The molecule has 1 aliphatic heterocycles. The molecule has 1 saturated heterocycles. The van der Waals surface area contributed by atoms with Gasteiger partial charge in [-0.2, -0.15) is 0 Å². The Hall–Kier alpha value is -0.810. The van der Waals surface area contributed by atoms with Crippen LogP contribution in [0.2, 0.25) is 0 Å². The first kappa shape index (κ1) is 14.3. The first-order chi connectivity index (χ1) is 8.02. The number of rotatable bonds is 4. The Bertz CT molecular complexity index is 238. The maximum Gasteiger partial charge on any atom is 0.315 e. The molecule has 0 bridgehead atoms. The zero-order chi connectivity index (χ0) is 12.8. The van der Waals surface area contributed by atoms with Crippen molar-refractivity contribution in [1.82, 2.24) is 15.5 Å². The van der Waals surface area contributed by atoms with E-state index in [9.17, 15) is 4.79 Å². The highest BCUT2D eigenvalue weighted by molar-refractivity contribution is 5.74. The highest BCUT2D eigenvalue weighted by atomic mass is 16.3. The quantitative estimate of drug-likeness (QED) is 0.675. The number of amides is 2. The first-order valence-electron chi connectivity index (χ1n) is 6.45. The van der Waals surface area contributed by atoms with Gasteiger partial charge in [-0.15, -0.1) is 0 Å². The van der Waals surface area contributed by atoms with Gasteiger partial charge in [0.15, 0.2) is 0 Å². The standard InChI is InChI=1S/C12H25N3O2/c1-9(2)15-6-4-11(5-7-15)14-12(17)13-10(3)8-16/h9-11,16H,4-8H2,1-3H3,(H2,13,14,17)/t10-/m0/s1. The van der Waals surface area contributed by atoms with Gasteiger partial charge in [-0.1, -0.05) is 0 Å². The monoisotopic (exact) mass is 243 g/mol. The van der Waals surface area contributed by atoms with E-state index < -0.39 is 0 Å². The molecule has 0 aliphatic carbocycles. The zero-order valence-corrected chi connectivity index (χ0v) is 11.1. The molecule has 0 aromatic heterocycles. The van der Waals surface area contributed by atoms with E-state index in [4.69, 9.17) is 5.11 Å². The van der Waals surface area contributed by atoms with Gasteiger partial charge in [-0.05, 0) is 33.6 Å². The summed E-state index contributed by atoms with van der Waals surface area (Å²) in [5.74, 6) is 0. The molecule has 17 heavy (non-hydrogen) atoms. The summed E-state index contributed by atoms with van der Waals surface area (Å²) in [6.45, 7) is 8.23. The van der Waals surface area contributed by atoms with Crippen molar-refractivity contribution in [2.75, 3.05) is 19.7 Å². The van der Waals surface area contributed by atoms with Crippen molar-refractivity contribution in [2.24, 2.45) is 0 Å². The summed E-state index contributed by atoms with van der Waals surface area (Å²) in [5.41, 5.74) is 0. The molecule has 2 amide bonds. The van der Waals surface area contributed by atoms with E-state index in [1.165, 1.54) is 0 Å². The molecule has 0 spiro atoms. The van der Waals surface area contributed by atoms with E-state index in [0.29, 0.717) is 6.04 Å². The summed E-state index contributed by atoms with van der Waals surface area (Å²) in [6, 6.07) is 0.482. The molecule has 3 N–H and O–H groups in total. The zero-order valence-electron chi connectivity index (χ0n) is 11.1. The van der Waals surface area contributed by atoms with Crippen LogP contribution in [0, 0.1) is 0 Å². The van der Waals surface area contributed by atoms with Crippen LogP contribution in [0.15, 0.2) is 0 Å². The number of hydrogen-bond donors (Lipinski definition) is 3. The molecule has 1 atom stereocenters. The molecule has 0 aromatic carbocycles. The van der Waals surface area contributed by atoms with Crippen molar-refractivity contribution in [2.45, 2.75) is 51.7 Å². The maximum atomic E-state index is 11.5. The van der Waals surface area contributed by atoms with E-state index in [1.54, 1.807) is 6.92 Å². The minimum absolute atomic E-state index is 0.0286. The van der Waals surface area contributed by atoms with Crippen molar-refractivity contribution >= 4 is 6.03 Å². The molecule has 1 aliphatic rings. The fourth-order valence-corrected chi connectivity index (χ4v) is 2.06. The lowest BCUT2D eigenvalue weighted by Gasteiger charge is -2.34. The normalized spacial score (nSPS) is 20.3. The molecule has 0 radical (unpaired) electrons. The predicted octanol–water partition coefficient (Wildman–Crippen LogP) is 0.539.